The van der Waals surface area contributed by atoms with Crippen molar-refractivity contribution in [2.24, 2.45) is 0 Å². The maximum Gasteiger partial charge on any atom is 0.416 e. The molecule has 1 aliphatic heterocycles. The summed E-state index contributed by atoms with van der Waals surface area (Å²) >= 11 is 0. The molecule has 0 radical (unpaired) electrons. The molecule has 100 valence electrons. The molecule has 1 fully saturated rings. The van der Waals surface area contributed by atoms with Gasteiger partial charge >= 0.3 is 6.18 Å². The van der Waals surface area contributed by atoms with E-state index in [2.05, 4.69) is 10.6 Å². The molecule has 1 atom stereocenters. The van der Waals surface area contributed by atoms with Gasteiger partial charge in [-0.2, -0.15) is 13.2 Å². The van der Waals surface area contributed by atoms with Crippen molar-refractivity contribution >= 4 is 0 Å². The van der Waals surface area contributed by atoms with E-state index in [0.29, 0.717) is 12.6 Å². The Balaban J connectivity index is 1.86. The van der Waals surface area contributed by atoms with Crippen LogP contribution in [0.5, 0.6) is 0 Å². The third kappa shape index (κ3) is 3.71. The first-order chi connectivity index (χ1) is 8.55. The fourth-order valence-electron chi connectivity index (χ4n) is 2.10. The second-order valence-electron chi connectivity index (χ2n) is 4.62. The zero-order valence-corrected chi connectivity index (χ0v) is 10.1. The van der Waals surface area contributed by atoms with Crippen molar-refractivity contribution in [3.63, 3.8) is 0 Å². The number of benzene rings is 1. The minimum atomic E-state index is -4.25. The van der Waals surface area contributed by atoms with Crippen molar-refractivity contribution < 1.29 is 13.2 Å². The molecule has 2 rings (SSSR count). The smallest absolute Gasteiger partial charge is 0.315 e. The average molecular weight is 258 g/mol. The topological polar surface area (TPSA) is 24.1 Å². The van der Waals surface area contributed by atoms with Gasteiger partial charge in [0.25, 0.3) is 0 Å². The zero-order valence-electron chi connectivity index (χ0n) is 10.1. The molecule has 0 unspecified atom stereocenters. The minimum Gasteiger partial charge on any atom is -0.315 e. The zero-order chi connectivity index (χ0) is 13.0. The minimum absolute atomic E-state index is 0.418. The van der Waals surface area contributed by atoms with Crippen molar-refractivity contribution in [2.45, 2.75) is 31.6 Å². The van der Waals surface area contributed by atoms with E-state index < -0.39 is 11.7 Å². The maximum absolute atomic E-state index is 12.4. The van der Waals surface area contributed by atoms with Gasteiger partial charge in [-0.25, -0.2) is 0 Å². The van der Waals surface area contributed by atoms with E-state index >= 15 is 0 Å². The van der Waals surface area contributed by atoms with Gasteiger partial charge in [-0.05, 0) is 37.1 Å². The van der Waals surface area contributed by atoms with Crippen molar-refractivity contribution in [1.82, 2.24) is 10.6 Å². The van der Waals surface area contributed by atoms with E-state index in [4.69, 9.17) is 0 Å². The molecule has 1 aromatic rings. The number of hydrogen-bond donors (Lipinski definition) is 2. The normalized spacial score (nSPS) is 20.9. The molecule has 0 aromatic heterocycles. The average Bonchev–Trinajstić information content (AvgIpc) is 2.37. The SMILES string of the molecule is FC(F)(F)c1ccc(CN[C@@H]2CCCNC2)cc1. The standard InChI is InChI=1S/C13H17F3N2/c14-13(15,16)11-5-3-10(4-6-11)8-18-12-2-1-7-17-9-12/h3-6,12,17-18H,1-2,7-9H2/t12-/m1/s1. The fourth-order valence-corrected chi connectivity index (χ4v) is 2.10. The van der Waals surface area contributed by atoms with Gasteiger partial charge in [0.1, 0.15) is 0 Å². The Morgan fingerprint density at radius 1 is 1.22 bits per heavy atom. The summed E-state index contributed by atoms with van der Waals surface area (Å²) in [6.07, 6.45) is -1.99. The quantitative estimate of drug-likeness (QED) is 0.870. The maximum atomic E-state index is 12.4. The number of nitrogens with one attached hydrogen (secondary N) is 2. The first-order valence-electron chi connectivity index (χ1n) is 6.16. The third-order valence-corrected chi connectivity index (χ3v) is 3.17. The van der Waals surface area contributed by atoms with Crippen molar-refractivity contribution in [1.29, 1.82) is 0 Å². The fraction of sp³-hybridized carbons (Fsp3) is 0.538. The molecule has 0 saturated carbocycles. The Kier molecular flexibility index (Phi) is 4.24. The lowest BCUT2D eigenvalue weighted by Crippen LogP contribution is -2.42. The van der Waals surface area contributed by atoms with Crippen LogP contribution in [0.15, 0.2) is 24.3 Å². The molecule has 2 N–H and O–H groups in total. The lowest BCUT2D eigenvalue weighted by molar-refractivity contribution is -0.137. The van der Waals surface area contributed by atoms with Crippen molar-refractivity contribution in [3.05, 3.63) is 35.4 Å². The number of piperidine rings is 1. The summed E-state index contributed by atoms with van der Waals surface area (Å²) in [4.78, 5) is 0. The predicted molar refractivity (Wildman–Crippen MR) is 64.2 cm³/mol. The second-order valence-corrected chi connectivity index (χ2v) is 4.62. The predicted octanol–water partition coefficient (Wildman–Crippen LogP) is 2.55. The van der Waals surface area contributed by atoms with Crippen LogP contribution in [0.1, 0.15) is 24.0 Å². The first kappa shape index (κ1) is 13.4. The first-order valence-corrected chi connectivity index (χ1v) is 6.16. The van der Waals surface area contributed by atoms with Crippen molar-refractivity contribution in [3.8, 4) is 0 Å². The molecule has 18 heavy (non-hydrogen) atoms. The van der Waals surface area contributed by atoms with Gasteiger partial charge in [-0.3, -0.25) is 0 Å². The molecular weight excluding hydrogens is 241 g/mol. The molecule has 0 bridgehead atoms. The number of halogens is 3. The molecule has 0 spiro atoms. The Hall–Kier alpha value is -1.07. The van der Waals surface area contributed by atoms with Crippen molar-refractivity contribution in [2.75, 3.05) is 13.1 Å². The van der Waals surface area contributed by atoms with Crippen LogP contribution < -0.4 is 10.6 Å². The van der Waals surface area contributed by atoms with E-state index in [-0.39, 0.29) is 0 Å². The van der Waals surface area contributed by atoms with E-state index in [9.17, 15) is 13.2 Å². The molecule has 0 amide bonds. The number of rotatable bonds is 3. The van der Waals surface area contributed by atoms with Gasteiger partial charge in [-0.1, -0.05) is 12.1 Å². The van der Waals surface area contributed by atoms with Crippen LogP contribution in [-0.4, -0.2) is 19.1 Å². The highest BCUT2D eigenvalue weighted by Crippen LogP contribution is 2.29. The Morgan fingerprint density at radius 2 is 1.94 bits per heavy atom. The second kappa shape index (κ2) is 5.71. The molecule has 1 aromatic carbocycles. The molecule has 1 aliphatic rings. The van der Waals surface area contributed by atoms with Crippen LogP contribution in [0.2, 0.25) is 0 Å². The Labute approximate surface area is 105 Å². The van der Waals surface area contributed by atoms with Gasteiger partial charge in [0.15, 0.2) is 0 Å². The van der Waals surface area contributed by atoms with E-state index in [1.165, 1.54) is 12.1 Å². The van der Waals surface area contributed by atoms with Crippen LogP contribution in [0.4, 0.5) is 13.2 Å². The van der Waals surface area contributed by atoms with E-state index in [1.807, 2.05) is 0 Å². The van der Waals surface area contributed by atoms with Gasteiger partial charge in [0.05, 0.1) is 5.56 Å². The lowest BCUT2D eigenvalue weighted by atomic mass is 10.1. The van der Waals surface area contributed by atoms with Gasteiger partial charge in [0, 0.05) is 19.1 Å². The van der Waals surface area contributed by atoms with E-state index in [0.717, 1.165) is 43.6 Å². The highest BCUT2D eigenvalue weighted by Gasteiger charge is 2.29. The summed E-state index contributed by atoms with van der Waals surface area (Å²) in [6, 6.07) is 5.76. The van der Waals surface area contributed by atoms with Gasteiger partial charge < -0.3 is 10.6 Å². The lowest BCUT2D eigenvalue weighted by Gasteiger charge is -2.24. The largest absolute Gasteiger partial charge is 0.416 e. The molecule has 5 heteroatoms. The van der Waals surface area contributed by atoms with Gasteiger partial charge in [-0.15, -0.1) is 0 Å². The third-order valence-electron chi connectivity index (χ3n) is 3.17. The van der Waals surface area contributed by atoms with E-state index in [1.54, 1.807) is 0 Å². The summed E-state index contributed by atoms with van der Waals surface area (Å²) < 4.78 is 37.1. The Morgan fingerprint density at radius 3 is 2.50 bits per heavy atom. The highest BCUT2D eigenvalue weighted by molar-refractivity contribution is 5.24. The molecule has 0 aliphatic carbocycles. The summed E-state index contributed by atoms with van der Waals surface area (Å²) in [5.41, 5.74) is 0.291. The number of alkyl halides is 3. The molecular formula is C13H17F3N2. The van der Waals surface area contributed by atoms with Crippen LogP contribution in [-0.2, 0) is 12.7 Å². The Bertz CT molecular complexity index is 367. The molecule has 1 heterocycles. The summed E-state index contributed by atoms with van der Waals surface area (Å²) in [6.45, 7) is 2.60. The van der Waals surface area contributed by atoms with Gasteiger partial charge in [0.2, 0.25) is 0 Å². The molecule has 1 saturated heterocycles. The van der Waals surface area contributed by atoms with Crippen LogP contribution in [0.25, 0.3) is 0 Å². The van der Waals surface area contributed by atoms with Crippen LogP contribution >= 0.6 is 0 Å². The molecule has 2 nitrogen and oxygen atoms in total. The highest BCUT2D eigenvalue weighted by atomic mass is 19.4. The van der Waals surface area contributed by atoms with Crippen LogP contribution in [0.3, 0.4) is 0 Å². The van der Waals surface area contributed by atoms with Crippen LogP contribution in [0, 0.1) is 0 Å². The summed E-state index contributed by atoms with van der Waals surface area (Å²) in [7, 11) is 0. The monoisotopic (exact) mass is 258 g/mol. The summed E-state index contributed by atoms with van der Waals surface area (Å²) in [5, 5.41) is 6.64. The summed E-state index contributed by atoms with van der Waals surface area (Å²) in [5.74, 6) is 0. The number of hydrogen-bond acceptors (Lipinski definition) is 2.